The van der Waals surface area contributed by atoms with Crippen LogP contribution in [0.3, 0.4) is 0 Å². The van der Waals surface area contributed by atoms with E-state index in [1.165, 1.54) is 18.6 Å². The van der Waals surface area contributed by atoms with Crippen LogP contribution in [-0.4, -0.2) is 38.9 Å². The van der Waals surface area contributed by atoms with E-state index < -0.39 is 10.0 Å². The molecular formula is C15H23N3O3S. The third-order valence-electron chi connectivity index (χ3n) is 3.78. The summed E-state index contributed by atoms with van der Waals surface area (Å²) in [4.78, 5) is 14.3. The molecular weight excluding hydrogens is 302 g/mol. The molecule has 22 heavy (non-hydrogen) atoms. The molecule has 1 aromatic rings. The van der Waals surface area contributed by atoms with Crippen molar-refractivity contribution in [2.45, 2.75) is 25.2 Å². The minimum Gasteiger partial charge on any atom is -0.325 e. The quantitative estimate of drug-likeness (QED) is 0.871. The Morgan fingerprint density at radius 3 is 2.27 bits per heavy atom. The van der Waals surface area contributed by atoms with Gasteiger partial charge in [0.15, 0.2) is 0 Å². The smallest absolute Gasteiger partial charge is 0.238 e. The molecule has 0 radical (unpaired) electrons. The summed E-state index contributed by atoms with van der Waals surface area (Å²) in [7, 11) is -3.70. The summed E-state index contributed by atoms with van der Waals surface area (Å²) in [5.41, 5.74) is 0.565. The molecule has 7 heteroatoms. The SMILES string of the molecule is C[C@@H]1C[C@@H](C)CN(CC(=O)Nc2ccc(S(N)(=O)=O)cc2)C1. The number of primary sulfonamides is 1. The first kappa shape index (κ1) is 16.9. The summed E-state index contributed by atoms with van der Waals surface area (Å²) in [6.07, 6.45) is 1.20. The Labute approximate surface area is 131 Å². The molecule has 122 valence electrons. The van der Waals surface area contributed by atoms with Crippen molar-refractivity contribution in [2.24, 2.45) is 17.0 Å². The van der Waals surface area contributed by atoms with Crippen LogP contribution in [0, 0.1) is 11.8 Å². The number of amides is 1. The summed E-state index contributed by atoms with van der Waals surface area (Å²) in [6.45, 7) is 6.62. The number of carbonyl (C=O) groups excluding carboxylic acids is 1. The third-order valence-corrected chi connectivity index (χ3v) is 4.71. The van der Waals surface area contributed by atoms with E-state index in [1.54, 1.807) is 12.1 Å². The number of sulfonamides is 1. The van der Waals surface area contributed by atoms with Crippen molar-refractivity contribution in [3.63, 3.8) is 0 Å². The predicted molar refractivity (Wildman–Crippen MR) is 85.8 cm³/mol. The van der Waals surface area contributed by atoms with Gasteiger partial charge in [-0.05, 0) is 42.5 Å². The van der Waals surface area contributed by atoms with E-state index in [9.17, 15) is 13.2 Å². The summed E-state index contributed by atoms with van der Waals surface area (Å²) in [5, 5.41) is 7.82. The first-order valence-corrected chi connectivity index (χ1v) is 8.93. The van der Waals surface area contributed by atoms with E-state index in [2.05, 4.69) is 24.1 Å². The second-order valence-corrected chi connectivity index (χ2v) is 7.82. The van der Waals surface area contributed by atoms with Gasteiger partial charge in [0.2, 0.25) is 15.9 Å². The fourth-order valence-electron chi connectivity index (χ4n) is 3.05. The van der Waals surface area contributed by atoms with Crippen LogP contribution in [-0.2, 0) is 14.8 Å². The molecule has 0 aromatic heterocycles. The molecule has 2 rings (SSSR count). The number of piperidine rings is 1. The fourth-order valence-corrected chi connectivity index (χ4v) is 3.57. The molecule has 1 heterocycles. The Hall–Kier alpha value is -1.44. The van der Waals surface area contributed by atoms with Gasteiger partial charge in [-0.1, -0.05) is 13.8 Å². The van der Waals surface area contributed by atoms with Crippen LogP contribution in [0.15, 0.2) is 29.2 Å². The minimum absolute atomic E-state index is 0.0316. The highest BCUT2D eigenvalue weighted by molar-refractivity contribution is 7.89. The Bertz CT molecular complexity index is 618. The van der Waals surface area contributed by atoms with Crippen molar-refractivity contribution < 1.29 is 13.2 Å². The molecule has 0 spiro atoms. The van der Waals surface area contributed by atoms with Crippen molar-refractivity contribution in [3.05, 3.63) is 24.3 Å². The highest BCUT2D eigenvalue weighted by Crippen LogP contribution is 2.20. The second kappa shape index (κ2) is 6.76. The first-order valence-electron chi connectivity index (χ1n) is 7.39. The van der Waals surface area contributed by atoms with Crippen molar-refractivity contribution in [1.82, 2.24) is 4.90 Å². The van der Waals surface area contributed by atoms with E-state index in [0.29, 0.717) is 24.1 Å². The van der Waals surface area contributed by atoms with E-state index in [0.717, 1.165) is 13.1 Å². The van der Waals surface area contributed by atoms with Crippen LogP contribution in [0.1, 0.15) is 20.3 Å². The van der Waals surface area contributed by atoms with Crippen LogP contribution in [0.25, 0.3) is 0 Å². The average Bonchev–Trinajstić information content (AvgIpc) is 2.36. The van der Waals surface area contributed by atoms with Gasteiger partial charge in [-0.3, -0.25) is 9.69 Å². The average molecular weight is 325 g/mol. The maximum absolute atomic E-state index is 12.1. The van der Waals surface area contributed by atoms with Crippen LogP contribution in [0.2, 0.25) is 0 Å². The molecule has 1 aromatic carbocycles. The maximum atomic E-state index is 12.1. The number of anilines is 1. The summed E-state index contributed by atoms with van der Waals surface area (Å²) < 4.78 is 22.3. The number of hydrogen-bond acceptors (Lipinski definition) is 4. The lowest BCUT2D eigenvalue weighted by Gasteiger charge is -2.34. The van der Waals surface area contributed by atoms with Gasteiger partial charge in [0.05, 0.1) is 11.4 Å². The molecule has 0 bridgehead atoms. The van der Waals surface area contributed by atoms with E-state index in [4.69, 9.17) is 5.14 Å². The summed E-state index contributed by atoms with van der Waals surface area (Å²) in [5.74, 6) is 1.11. The monoisotopic (exact) mass is 325 g/mol. The molecule has 6 nitrogen and oxygen atoms in total. The molecule has 1 fully saturated rings. The van der Waals surface area contributed by atoms with Crippen molar-refractivity contribution in [1.29, 1.82) is 0 Å². The van der Waals surface area contributed by atoms with Gasteiger partial charge in [-0.2, -0.15) is 0 Å². The van der Waals surface area contributed by atoms with Gasteiger partial charge in [-0.15, -0.1) is 0 Å². The third kappa shape index (κ3) is 4.79. The normalized spacial score (nSPS) is 23.2. The largest absolute Gasteiger partial charge is 0.325 e. The Morgan fingerprint density at radius 1 is 1.23 bits per heavy atom. The molecule has 0 saturated carbocycles. The van der Waals surface area contributed by atoms with E-state index >= 15 is 0 Å². The van der Waals surface area contributed by atoms with Crippen LogP contribution in [0.4, 0.5) is 5.69 Å². The number of likely N-dealkylation sites (tertiary alicyclic amines) is 1. The zero-order chi connectivity index (χ0) is 16.3. The van der Waals surface area contributed by atoms with Crippen molar-refractivity contribution >= 4 is 21.6 Å². The molecule has 3 N–H and O–H groups in total. The number of carbonyl (C=O) groups is 1. The lowest BCUT2D eigenvalue weighted by atomic mass is 9.92. The number of rotatable bonds is 4. The lowest BCUT2D eigenvalue weighted by molar-refractivity contribution is -0.117. The number of nitrogens with one attached hydrogen (secondary N) is 1. The van der Waals surface area contributed by atoms with Crippen molar-refractivity contribution in [2.75, 3.05) is 25.0 Å². The first-order chi connectivity index (χ1) is 10.2. The molecule has 1 saturated heterocycles. The minimum atomic E-state index is -3.70. The van der Waals surface area contributed by atoms with Gasteiger partial charge in [0.25, 0.3) is 0 Å². The zero-order valence-corrected chi connectivity index (χ0v) is 13.8. The van der Waals surface area contributed by atoms with Crippen LogP contribution < -0.4 is 10.5 Å². The van der Waals surface area contributed by atoms with Gasteiger partial charge in [-0.25, -0.2) is 13.6 Å². The van der Waals surface area contributed by atoms with Crippen molar-refractivity contribution in [3.8, 4) is 0 Å². The Morgan fingerprint density at radius 2 is 1.77 bits per heavy atom. The van der Waals surface area contributed by atoms with Gasteiger partial charge in [0, 0.05) is 18.8 Å². The molecule has 0 unspecified atom stereocenters. The van der Waals surface area contributed by atoms with Gasteiger partial charge >= 0.3 is 0 Å². The van der Waals surface area contributed by atoms with Crippen LogP contribution in [0.5, 0.6) is 0 Å². The second-order valence-electron chi connectivity index (χ2n) is 6.26. The topological polar surface area (TPSA) is 92.5 Å². The zero-order valence-electron chi connectivity index (χ0n) is 13.0. The van der Waals surface area contributed by atoms with Gasteiger partial charge < -0.3 is 5.32 Å². The van der Waals surface area contributed by atoms with E-state index in [1.807, 2.05) is 0 Å². The fraction of sp³-hybridized carbons (Fsp3) is 0.533. The highest BCUT2D eigenvalue weighted by Gasteiger charge is 2.23. The molecule has 1 aliphatic heterocycles. The number of nitrogens with zero attached hydrogens (tertiary/aromatic N) is 1. The molecule has 1 amide bonds. The Balaban J connectivity index is 1.92. The summed E-state index contributed by atoms with van der Waals surface area (Å²) in [6, 6.07) is 5.85. The standard InChI is InChI=1S/C15H23N3O3S/c1-11-7-12(2)9-18(8-11)10-15(19)17-13-3-5-14(6-4-13)22(16,20)21/h3-6,11-12H,7-10H2,1-2H3,(H,17,19)(H2,16,20,21)/t11-,12-/m1/s1. The number of benzene rings is 1. The summed E-state index contributed by atoms with van der Waals surface area (Å²) >= 11 is 0. The molecule has 1 aliphatic rings. The highest BCUT2D eigenvalue weighted by atomic mass is 32.2. The predicted octanol–water partition coefficient (Wildman–Crippen LogP) is 1.25. The van der Waals surface area contributed by atoms with Gasteiger partial charge in [0.1, 0.15) is 0 Å². The molecule has 0 aliphatic carbocycles. The number of hydrogen-bond donors (Lipinski definition) is 2. The van der Waals surface area contributed by atoms with E-state index in [-0.39, 0.29) is 10.8 Å². The molecule has 2 atom stereocenters. The number of nitrogens with two attached hydrogens (primary N) is 1. The Kier molecular flexibility index (Phi) is 5.20. The maximum Gasteiger partial charge on any atom is 0.238 e. The lowest BCUT2D eigenvalue weighted by Crippen LogP contribution is -2.42. The van der Waals surface area contributed by atoms with Crippen LogP contribution >= 0.6 is 0 Å².